The second kappa shape index (κ2) is 6.34. The van der Waals surface area contributed by atoms with Crippen molar-refractivity contribution in [1.82, 2.24) is 14.9 Å². The highest BCUT2D eigenvalue weighted by Crippen LogP contribution is 2.18. The molecule has 0 unspecified atom stereocenters. The predicted molar refractivity (Wildman–Crippen MR) is 93.5 cm³/mol. The molecule has 2 aromatic carbocycles. The first-order valence-corrected chi connectivity index (χ1v) is 8.09. The van der Waals surface area contributed by atoms with Gasteiger partial charge in [0.2, 0.25) is 0 Å². The molecule has 1 aliphatic heterocycles. The van der Waals surface area contributed by atoms with Crippen LogP contribution in [0.3, 0.4) is 0 Å². The van der Waals surface area contributed by atoms with E-state index in [1.54, 1.807) is 12.4 Å². The maximum absolute atomic E-state index is 4.39. The summed E-state index contributed by atoms with van der Waals surface area (Å²) >= 11 is 0. The third kappa shape index (κ3) is 3.17. The smallest absolute Gasteiger partial charge is 0.147 e. The van der Waals surface area contributed by atoms with Crippen molar-refractivity contribution >= 4 is 16.6 Å². The first-order valence-electron chi connectivity index (χ1n) is 8.09. The first kappa shape index (κ1) is 14.2. The average Bonchev–Trinajstić information content (AvgIpc) is 2.63. The lowest BCUT2D eigenvalue weighted by Gasteiger charge is -2.35. The average molecular weight is 304 g/mol. The van der Waals surface area contributed by atoms with Crippen LogP contribution in [0.25, 0.3) is 10.8 Å². The van der Waals surface area contributed by atoms with Crippen LogP contribution in [0.4, 0.5) is 5.82 Å². The van der Waals surface area contributed by atoms with Crippen LogP contribution in [-0.4, -0.2) is 41.0 Å². The summed E-state index contributed by atoms with van der Waals surface area (Å²) in [6.07, 6.45) is 5.33. The molecule has 23 heavy (non-hydrogen) atoms. The number of hydrogen-bond donors (Lipinski definition) is 0. The van der Waals surface area contributed by atoms with Gasteiger partial charge in [-0.1, -0.05) is 36.4 Å². The molecule has 0 aliphatic carbocycles. The summed E-state index contributed by atoms with van der Waals surface area (Å²) in [6.45, 7) is 5.14. The molecule has 4 rings (SSSR count). The highest BCUT2D eigenvalue weighted by Gasteiger charge is 2.18. The van der Waals surface area contributed by atoms with E-state index in [4.69, 9.17) is 0 Å². The van der Waals surface area contributed by atoms with Crippen LogP contribution in [0.15, 0.2) is 61.1 Å². The van der Waals surface area contributed by atoms with Crippen LogP contribution in [-0.2, 0) is 6.54 Å². The zero-order valence-corrected chi connectivity index (χ0v) is 13.1. The third-order valence-corrected chi connectivity index (χ3v) is 4.47. The predicted octanol–water partition coefficient (Wildman–Crippen LogP) is 2.95. The normalized spacial score (nSPS) is 15.9. The molecule has 0 saturated carbocycles. The molecule has 1 saturated heterocycles. The van der Waals surface area contributed by atoms with Crippen molar-refractivity contribution in [2.45, 2.75) is 6.54 Å². The summed E-state index contributed by atoms with van der Waals surface area (Å²) in [6, 6.07) is 15.3. The second-order valence-electron chi connectivity index (χ2n) is 6.01. The van der Waals surface area contributed by atoms with Crippen molar-refractivity contribution in [3.8, 4) is 0 Å². The number of benzene rings is 2. The van der Waals surface area contributed by atoms with E-state index in [1.807, 2.05) is 6.20 Å². The Morgan fingerprint density at radius 2 is 1.70 bits per heavy atom. The first-order chi connectivity index (χ1) is 11.4. The van der Waals surface area contributed by atoms with Crippen molar-refractivity contribution in [3.63, 3.8) is 0 Å². The molecule has 0 radical (unpaired) electrons. The Balaban J connectivity index is 1.40. The van der Waals surface area contributed by atoms with Gasteiger partial charge in [0, 0.05) is 45.1 Å². The Labute approximate surface area is 136 Å². The topological polar surface area (TPSA) is 32.3 Å². The summed E-state index contributed by atoms with van der Waals surface area (Å²) in [5.41, 5.74) is 1.39. The van der Waals surface area contributed by atoms with E-state index in [0.29, 0.717) is 0 Å². The Bertz CT molecular complexity index is 779. The molecule has 3 aromatic rings. The number of anilines is 1. The number of aromatic nitrogens is 2. The second-order valence-corrected chi connectivity index (χ2v) is 6.01. The van der Waals surface area contributed by atoms with Gasteiger partial charge in [0.1, 0.15) is 5.82 Å². The van der Waals surface area contributed by atoms with Crippen LogP contribution in [0.5, 0.6) is 0 Å². The van der Waals surface area contributed by atoms with E-state index in [2.05, 4.69) is 62.2 Å². The molecule has 1 aromatic heterocycles. The molecule has 4 nitrogen and oxygen atoms in total. The van der Waals surface area contributed by atoms with Gasteiger partial charge in [-0.3, -0.25) is 9.88 Å². The molecule has 0 amide bonds. The monoisotopic (exact) mass is 304 g/mol. The van der Waals surface area contributed by atoms with Gasteiger partial charge in [0.15, 0.2) is 0 Å². The number of nitrogens with zero attached hydrogens (tertiary/aromatic N) is 4. The molecule has 0 spiro atoms. The Hall–Kier alpha value is -2.46. The van der Waals surface area contributed by atoms with Gasteiger partial charge < -0.3 is 4.90 Å². The van der Waals surface area contributed by atoms with Gasteiger partial charge in [0.05, 0.1) is 6.20 Å². The van der Waals surface area contributed by atoms with Gasteiger partial charge in [-0.2, -0.15) is 0 Å². The summed E-state index contributed by atoms with van der Waals surface area (Å²) in [4.78, 5) is 13.4. The van der Waals surface area contributed by atoms with E-state index in [1.165, 1.54) is 16.3 Å². The molecule has 0 N–H and O–H groups in total. The van der Waals surface area contributed by atoms with Crippen molar-refractivity contribution < 1.29 is 0 Å². The number of hydrogen-bond acceptors (Lipinski definition) is 4. The molecule has 1 fully saturated rings. The van der Waals surface area contributed by atoms with Crippen LogP contribution < -0.4 is 4.90 Å². The van der Waals surface area contributed by atoms with Crippen molar-refractivity contribution in [2.24, 2.45) is 0 Å². The molecule has 1 aliphatic rings. The highest BCUT2D eigenvalue weighted by molar-refractivity contribution is 5.82. The van der Waals surface area contributed by atoms with E-state index in [-0.39, 0.29) is 0 Å². The molecule has 116 valence electrons. The maximum atomic E-state index is 4.39. The Morgan fingerprint density at radius 1 is 0.870 bits per heavy atom. The fourth-order valence-corrected chi connectivity index (χ4v) is 3.18. The van der Waals surface area contributed by atoms with E-state index in [0.717, 1.165) is 38.5 Å². The minimum Gasteiger partial charge on any atom is -0.353 e. The molecule has 4 heteroatoms. The van der Waals surface area contributed by atoms with Crippen LogP contribution in [0.2, 0.25) is 0 Å². The molecular formula is C19H20N4. The summed E-state index contributed by atoms with van der Waals surface area (Å²) in [7, 11) is 0. The molecule has 0 atom stereocenters. The quantitative estimate of drug-likeness (QED) is 0.745. The van der Waals surface area contributed by atoms with E-state index in [9.17, 15) is 0 Å². The number of piperazine rings is 1. The maximum Gasteiger partial charge on any atom is 0.147 e. The largest absolute Gasteiger partial charge is 0.353 e. The Morgan fingerprint density at radius 3 is 2.48 bits per heavy atom. The zero-order valence-electron chi connectivity index (χ0n) is 13.1. The lowest BCUT2D eigenvalue weighted by molar-refractivity contribution is 0.249. The number of fused-ring (bicyclic) bond motifs is 1. The summed E-state index contributed by atoms with van der Waals surface area (Å²) in [5.74, 6) is 0.984. The SMILES string of the molecule is c1ccc2cc(CN3CCN(c4cnccn4)CC3)ccc2c1. The summed E-state index contributed by atoms with van der Waals surface area (Å²) in [5, 5.41) is 2.63. The Kier molecular flexibility index (Phi) is 3.90. The number of rotatable bonds is 3. The fourth-order valence-electron chi connectivity index (χ4n) is 3.18. The zero-order chi connectivity index (χ0) is 15.5. The summed E-state index contributed by atoms with van der Waals surface area (Å²) < 4.78 is 0. The lowest BCUT2D eigenvalue weighted by atomic mass is 10.1. The van der Waals surface area contributed by atoms with E-state index < -0.39 is 0 Å². The molecular weight excluding hydrogens is 284 g/mol. The van der Waals surface area contributed by atoms with Crippen LogP contribution in [0, 0.1) is 0 Å². The van der Waals surface area contributed by atoms with Gasteiger partial charge in [0.25, 0.3) is 0 Å². The van der Waals surface area contributed by atoms with Crippen molar-refractivity contribution in [2.75, 3.05) is 31.1 Å². The lowest BCUT2D eigenvalue weighted by Crippen LogP contribution is -2.46. The van der Waals surface area contributed by atoms with Crippen LogP contribution in [0.1, 0.15) is 5.56 Å². The van der Waals surface area contributed by atoms with Gasteiger partial charge in [-0.05, 0) is 22.4 Å². The minimum atomic E-state index is 0.984. The fraction of sp³-hybridized carbons (Fsp3) is 0.263. The van der Waals surface area contributed by atoms with Gasteiger partial charge in [-0.25, -0.2) is 4.98 Å². The highest BCUT2D eigenvalue weighted by atomic mass is 15.3. The van der Waals surface area contributed by atoms with Gasteiger partial charge in [-0.15, -0.1) is 0 Å². The standard InChI is InChI=1S/C19H20N4/c1-2-4-18-13-16(5-6-17(18)3-1)15-22-9-11-23(12-10-22)19-14-20-7-8-21-19/h1-8,13-14H,9-12,15H2. The van der Waals surface area contributed by atoms with Crippen molar-refractivity contribution in [1.29, 1.82) is 0 Å². The molecule has 0 bridgehead atoms. The molecule has 2 heterocycles. The third-order valence-electron chi connectivity index (χ3n) is 4.47. The van der Waals surface area contributed by atoms with Gasteiger partial charge >= 0.3 is 0 Å². The van der Waals surface area contributed by atoms with Crippen LogP contribution >= 0.6 is 0 Å². The van der Waals surface area contributed by atoms with E-state index >= 15 is 0 Å². The van der Waals surface area contributed by atoms with Crippen molar-refractivity contribution in [3.05, 3.63) is 66.6 Å². The minimum absolute atomic E-state index is 0.984.